The molecule has 1 saturated heterocycles. The van der Waals surface area contributed by atoms with E-state index in [2.05, 4.69) is 4.98 Å². The lowest BCUT2D eigenvalue weighted by Gasteiger charge is -2.31. The monoisotopic (exact) mass is 386 g/mol. The summed E-state index contributed by atoms with van der Waals surface area (Å²) in [6.07, 6.45) is -3.39. The van der Waals surface area contributed by atoms with Gasteiger partial charge in [-0.2, -0.15) is 13.2 Å². The lowest BCUT2D eigenvalue weighted by atomic mass is 10.0. The Balaban J connectivity index is 1.46. The Morgan fingerprint density at radius 2 is 1.61 bits per heavy atom. The molecule has 1 amide bonds. The van der Waals surface area contributed by atoms with Gasteiger partial charge in [-0.05, 0) is 22.9 Å². The molecule has 1 N–H and O–H groups in total. The first kappa shape index (κ1) is 18.3. The van der Waals surface area contributed by atoms with E-state index in [1.54, 1.807) is 4.90 Å². The van der Waals surface area contributed by atoms with Gasteiger partial charge in [-0.15, -0.1) is 0 Å². The number of rotatable bonds is 2. The van der Waals surface area contributed by atoms with E-state index in [1.165, 1.54) is 6.07 Å². The van der Waals surface area contributed by atoms with Crippen LogP contribution in [0.4, 0.5) is 19.0 Å². The summed E-state index contributed by atoms with van der Waals surface area (Å²) >= 11 is 0. The van der Waals surface area contributed by atoms with Crippen molar-refractivity contribution in [2.75, 3.05) is 31.1 Å². The molecule has 2 aromatic carbocycles. The normalized spacial score (nSPS) is 15.1. The minimum absolute atomic E-state index is 0.0205. The SMILES string of the molecule is O=C(c1cccc2ccccc12)N1CCN(c2ccc(C(F)(F)F)c[nH+]2)CC1. The quantitative estimate of drug-likeness (QED) is 0.675. The van der Waals surface area contributed by atoms with E-state index >= 15 is 0 Å². The number of amides is 1. The van der Waals surface area contributed by atoms with Gasteiger partial charge in [-0.25, -0.2) is 4.98 Å². The van der Waals surface area contributed by atoms with Crippen LogP contribution in [0.5, 0.6) is 0 Å². The molecule has 1 aliphatic heterocycles. The topological polar surface area (TPSA) is 37.7 Å². The first-order valence-corrected chi connectivity index (χ1v) is 9.04. The lowest BCUT2D eigenvalue weighted by Crippen LogP contribution is -2.50. The average Bonchev–Trinajstić information content (AvgIpc) is 2.72. The first-order valence-electron chi connectivity index (χ1n) is 9.04. The maximum Gasteiger partial charge on any atom is 0.419 e. The first-order chi connectivity index (χ1) is 13.4. The van der Waals surface area contributed by atoms with Crippen LogP contribution < -0.4 is 9.88 Å². The zero-order chi connectivity index (χ0) is 19.7. The highest BCUT2D eigenvalue weighted by Gasteiger charge is 2.33. The van der Waals surface area contributed by atoms with Gasteiger partial charge >= 0.3 is 6.18 Å². The molecule has 1 aliphatic rings. The Hall–Kier alpha value is -3.09. The van der Waals surface area contributed by atoms with Crippen LogP contribution in [-0.4, -0.2) is 37.0 Å². The highest BCUT2D eigenvalue weighted by Crippen LogP contribution is 2.28. The molecule has 4 nitrogen and oxygen atoms in total. The number of carbonyl (C=O) groups excluding carboxylic acids is 1. The summed E-state index contributed by atoms with van der Waals surface area (Å²) in [7, 11) is 0. The van der Waals surface area contributed by atoms with E-state index in [-0.39, 0.29) is 5.91 Å². The summed E-state index contributed by atoms with van der Waals surface area (Å²) in [6, 6.07) is 16.0. The number of pyridine rings is 1. The smallest absolute Gasteiger partial charge is 0.331 e. The fourth-order valence-electron chi connectivity index (χ4n) is 3.52. The molecule has 28 heavy (non-hydrogen) atoms. The molecule has 0 unspecified atom stereocenters. The molecule has 4 rings (SSSR count). The molecule has 144 valence electrons. The highest BCUT2D eigenvalue weighted by atomic mass is 19.4. The summed E-state index contributed by atoms with van der Waals surface area (Å²) in [6.45, 7) is 2.13. The summed E-state index contributed by atoms with van der Waals surface area (Å²) in [5.41, 5.74) is -0.0336. The van der Waals surface area contributed by atoms with Gasteiger partial charge < -0.3 is 4.90 Å². The molecule has 0 aliphatic carbocycles. The average molecular weight is 386 g/mol. The molecule has 0 atom stereocenters. The molecule has 1 fully saturated rings. The van der Waals surface area contributed by atoms with Crippen LogP contribution in [0.1, 0.15) is 15.9 Å². The Morgan fingerprint density at radius 1 is 0.893 bits per heavy atom. The Labute approximate surface area is 160 Å². The van der Waals surface area contributed by atoms with Gasteiger partial charge in [0.15, 0.2) is 0 Å². The maximum atomic E-state index is 13.0. The fourth-order valence-corrected chi connectivity index (χ4v) is 3.52. The van der Waals surface area contributed by atoms with Crippen molar-refractivity contribution in [3.8, 4) is 0 Å². The van der Waals surface area contributed by atoms with E-state index in [0.29, 0.717) is 37.6 Å². The van der Waals surface area contributed by atoms with Gasteiger partial charge in [0.25, 0.3) is 11.7 Å². The van der Waals surface area contributed by atoms with Crippen LogP contribution in [0.3, 0.4) is 0 Å². The number of hydrogen-bond donors (Lipinski definition) is 0. The third-order valence-electron chi connectivity index (χ3n) is 5.05. The lowest BCUT2D eigenvalue weighted by molar-refractivity contribution is -0.367. The van der Waals surface area contributed by atoms with Gasteiger partial charge in [0.2, 0.25) is 0 Å². The number of anilines is 1. The van der Waals surface area contributed by atoms with Crippen molar-refractivity contribution in [2.45, 2.75) is 6.18 Å². The van der Waals surface area contributed by atoms with Crippen LogP contribution in [0.25, 0.3) is 10.8 Å². The number of nitrogens with one attached hydrogen (secondary N) is 1. The number of piperazine rings is 1. The maximum absolute atomic E-state index is 13.0. The van der Waals surface area contributed by atoms with Crippen LogP contribution in [-0.2, 0) is 6.18 Å². The van der Waals surface area contributed by atoms with Crippen molar-refractivity contribution in [1.29, 1.82) is 0 Å². The predicted octanol–water partition coefficient (Wildman–Crippen LogP) is 3.64. The molecular formula is C21H19F3N3O+. The number of H-pyrrole nitrogens is 1. The fraction of sp³-hybridized carbons (Fsp3) is 0.238. The van der Waals surface area contributed by atoms with Gasteiger partial charge in [0.1, 0.15) is 19.3 Å². The van der Waals surface area contributed by atoms with Crippen LogP contribution in [0.15, 0.2) is 60.8 Å². The number of aromatic amines is 1. The van der Waals surface area contributed by atoms with Crippen molar-refractivity contribution in [2.24, 2.45) is 0 Å². The molecule has 3 aromatic rings. The number of benzene rings is 2. The number of nitrogens with zero attached hydrogens (tertiary/aromatic N) is 2. The Bertz CT molecular complexity index is 988. The molecular weight excluding hydrogens is 367 g/mol. The number of halogens is 3. The minimum atomic E-state index is -4.36. The standard InChI is InChI=1S/C21H18F3N3O/c22-21(23,24)16-8-9-19(25-14-16)26-10-12-27(13-11-26)20(28)18-7-3-5-15-4-1-2-6-17(15)18/h1-9,14H,10-13H2/p+1. The largest absolute Gasteiger partial charge is 0.419 e. The predicted molar refractivity (Wildman–Crippen MR) is 100 cm³/mol. The molecule has 0 bridgehead atoms. The van der Waals surface area contributed by atoms with Gasteiger partial charge in [0, 0.05) is 11.6 Å². The molecule has 1 aromatic heterocycles. The number of aromatic nitrogens is 1. The number of carbonyl (C=O) groups is 1. The second-order valence-electron chi connectivity index (χ2n) is 6.77. The van der Waals surface area contributed by atoms with Gasteiger partial charge in [-0.3, -0.25) is 9.69 Å². The third-order valence-corrected chi connectivity index (χ3v) is 5.05. The van der Waals surface area contributed by atoms with E-state index in [1.807, 2.05) is 47.4 Å². The Kier molecular flexibility index (Phi) is 4.66. The minimum Gasteiger partial charge on any atom is -0.331 e. The van der Waals surface area contributed by atoms with Crippen molar-refractivity contribution in [3.05, 3.63) is 71.9 Å². The van der Waals surface area contributed by atoms with E-state index < -0.39 is 11.7 Å². The van der Waals surface area contributed by atoms with E-state index in [4.69, 9.17) is 0 Å². The number of hydrogen-bond acceptors (Lipinski definition) is 2. The second-order valence-corrected chi connectivity index (χ2v) is 6.77. The third kappa shape index (κ3) is 3.52. The molecule has 0 saturated carbocycles. The summed E-state index contributed by atoms with van der Waals surface area (Å²) in [5.74, 6) is 0.595. The van der Waals surface area contributed by atoms with Crippen molar-refractivity contribution >= 4 is 22.5 Å². The molecule has 0 radical (unpaired) electrons. The van der Waals surface area contributed by atoms with E-state index in [9.17, 15) is 18.0 Å². The van der Waals surface area contributed by atoms with E-state index in [0.717, 1.165) is 23.0 Å². The summed E-state index contributed by atoms with van der Waals surface area (Å²) in [5, 5.41) is 1.94. The molecule has 0 spiro atoms. The number of alkyl halides is 3. The summed E-state index contributed by atoms with van der Waals surface area (Å²) in [4.78, 5) is 19.4. The zero-order valence-electron chi connectivity index (χ0n) is 15.0. The Morgan fingerprint density at radius 3 is 2.29 bits per heavy atom. The molecule has 7 heteroatoms. The summed E-state index contributed by atoms with van der Waals surface area (Å²) < 4.78 is 38.1. The van der Waals surface area contributed by atoms with Crippen LogP contribution in [0, 0.1) is 0 Å². The van der Waals surface area contributed by atoms with Crippen molar-refractivity contribution in [3.63, 3.8) is 0 Å². The van der Waals surface area contributed by atoms with Gasteiger partial charge in [-0.1, -0.05) is 36.4 Å². The van der Waals surface area contributed by atoms with Crippen molar-refractivity contribution in [1.82, 2.24) is 4.90 Å². The number of fused-ring (bicyclic) bond motifs is 1. The zero-order valence-corrected chi connectivity index (χ0v) is 15.0. The second kappa shape index (κ2) is 7.14. The highest BCUT2D eigenvalue weighted by molar-refractivity contribution is 6.07. The van der Waals surface area contributed by atoms with Crippen LogP contribution in [0.2, 0.25) is 0 Å². The van der Waals surface area contributed by atoms with Gasteiger partial charge in [0.05, 0.1) is 18.7 Å². The van der Waals surface area contributed by atoms with Crippen LogP contribution >= 0.6 is 0 Å². The molecule has 2 heterocycles. The van der Waals surface area contributed by atoms with Crippen molar-refractivity contribution < 1.29 is 22.9 Å².